The van der Waals surface area contributed by atoms with Crippen molar-refractivity contribution in [1.29, 1.82) is 0 Å². The van der Waals surface area contributed by atoms with Crippen molar-refractivity contribution in [2.45, 2.75) is 32.4 Å². The van der Waals surface area contributed by atoms with Crippen LogP contribution < -0.4 is 0 Å². The summed E-state index contributed by atoms with van der Waals surface area (Å²) in [7, 11) is 0. The van der Waals surface area contributed by atoms with E-state index in [0.29, 0.717) is 57.2 Å². The lowest BCUT2D eigenvalue weighted by Gasteiger charge is -2.29. The number of carbonyl (C=O) groups excluding carboxylic acids is 2. The second-order valence-electron chi connectivity index (χ2n) is 9.74. The molecule has 37 heavy (non-hydrogen) atoms. The van der Waals surface area contributed by atoms with Crippen molar-refractivity contribution >= 4 is 22.7 Å². The van der Waals surface area contributed by atoms with Crippen molar-refractivity contribution in [2.75, 3.05) is 32.8 Å². The van der Waals surface area contributed by atoms with Crippen LogP contribution in [0.5, 0.6) is 0 Å². The van der Waals surface area contributed by atoms with Gasteiger partial charge in [-0.25, -0.2) is 0 Å². The van der Waals surface area contributed by atoms with E-state index in [9.17, 15) is 9.59 Å². The highest BCUT2D eigenvalue weighted by Crippen LogP contribution is 2.26. The number of rotatable bonds is 6. The molecule has 190 valence electrons. The molecule has 1 N–H and O–H groups in total. The number of aromatic nitrogens is 3. The van der Waals surface area contributed by atoms with E-state index in [1.54, 1.807) is 0 Å². The summed E-state index contributed by atoms with van der Waals surface area (Å²) in [6.07, 6.45) is 2.56. The van der Waals surface area contributed by atoms with Crippen molar-refractivity contribution < 1.29 is 14.3 Å². The number of ether oxygens (including phenoxy) is 1. The zero-order chi connectivity index (χ0) is 25.2. The quantitative estimate of drug-likeness (QED) is 0.441. The second-order valence-corrected chi connectivity index (χ2v) is 9.74. The summed E-state index contributed by atoms with van der Waals surface area (Å²) in [5.74, 6) is -0.121. The lowest BCUT2D eigenvalue weighted by atomic mass is 10.0. The van der Waals surface area contributed by atoms with Gasteiger partial charge in [-0.2, -0.15) is 5.10 Å². The number of nitrogens with zero attached hydrogens (tertiary/aromatic N) is 4. The van der Waals surface area contributed by atoms with Gasteiger partial charge in [0.05, 0.1) is 19.8 Å². The van der Waals surface area contributed by atoms with Crippen LogP contribution in [0.2, 0.25) is 0 Å². The van der Waals surface area contributed by atoms with Gasteiger partial charge < -0.3 is 19.5 Å². The highest BCUT2D eigenvalue weighted by Gasteiger charge is 2.33. The number of amides is 2. The average molecular weight is 498 g/mol. The molecular formula is C29H31N5O3. The van der Waals surface area contributed by atoms with Gasteiger partial charge in [0.15, 0.2) is 5.69 Å². The first-order chi connectivity index (χ1) is 18.2. The molecule has 1 saturated heterocycles. The third-order valence-electron chi connectivity index (χ3n) is 7.36. The predicted molar refractivity (Wildman–Crippen MR) is 140 cm³/mol. The SMILES string of the molecule is O=C(c1cc2ccccc2[nH]1)N1CCc2c(c(C(=O)N3CCOCC3)nn2CCCc2ccccc2)C1. The Balaban J connectivity index is 1.26. The molecule has 0 spiro atoms. The maximum atomic E-state index is 13.5. The highest BCUT2D eigenvalue weighted by molar-refractivity contribution is 5.98. The van der Waals surface area contributed by atoms with Crippen LogP contribution in [0.25, 0.3) is 10.9 Å². The van der Waals surface area contributed by atoms with Gasteiger partial charge in [0, 0.05) is 54.8 Å². The maximum Gasteiger partial charge on any atom is 0.274 e. The number of hydrogen-bond donors (Lipinski definition) is 1. The Bertz CT molecular complexity index is 1390. The number of morpholine rings is 1. The van der Waals surface area contributed by atoms with Crippen molar-refractivity contribution in [2.24, 2.45) is 0 Å². The van der Waals surface area contributed by atoms with Gasteiger partial charge in [-0.1, -0.05) is 48.5 Å². The smallest absolute Gasteiger partial charge is 0.274 e. The van der Waals surface area contributed by atoms with Crippen LogP contribution in [0.1, 0.15) is 44.2 Å². The third-order valence-corrected chi connectivity index (χ3v) is 7.36. The van der Waals surface area contributed by atoms with E-state index < -0.39 is 0 Å². The Hall–Kier alpha value is -3.91. The maximum absolute atomic E-state index is 13.5. The Morgan fingerprint density at radius 3 is 2.51 bits per heavy atom. The van der Waals surface area contributed by atoms with Crippen LogP contribution in [-0.2, 0) is 30.7 Å². The molecular weight excluding hydrogens is 466 g/mol. The molecule has 0 bridgehead atoms. The number of hydrogen-bond acceptors (Lipinski definition) is 4. The molecule has 8 nitrogen and oxygen atoms in total. The number of para-hydroxylation sites is 1. The minimum Gasteiger partial charge on any atom is -0.378 e. The molecule has 1 fully saturated rings. The van der Waals surface area contributed by atoms with Crippen LogP contribution in [-0.4, -0.2) is 69.2 Å². The van der Waals surface area contributed by atoms with Crippen molar-refractivity contribution in [3.63, 3.8) is 0 Å². The number of aryl methyl sites for hydroxylation is 2. The number of nitrogens with one attached hydrogen (secondary N) is 1. The van der Waals surface area contributed by atoms with Gasteiger partial charge in [-0.3, -0.25) is 14.3 Å². The fraction of sp³-hybridized carbons (Fsp3) is 0.345. The summed E-state index contributed by atoms with van der Waals surface area (Å²) in [6, 6.07) is 20.2. The Labute approximate surface area is 215 Å². The van der Waals surface area contributed by atoms with Gasteiger partial charge in [0.1, 0.15) is 5.69 Å². The van der Waals surface area contributed by atoms with E-state index in [4.69, 9.17) is 9.84 Å². The van der Waals surface area contributed by atoms with Gasteiger partial charge >= 0.3 is 0 Å². The Kier molecular flexibility index (Phi) is 6.49. The lowest BCUT2D eigenvalue weighted by molar-refractivity contribution is 0.0296. The zero-order valence-electron chi connectivity index (χ0n) is 20.9. The molecule has 6 rings (SSSR count). The van der Waals surface area contributed by atoms with Crippen molar-refractivity contribution in [1.82, 2.24) is 24.6 Å². The van der Waals surface area contributed by atoms with E-state index in [1.165, 1.54) is 5.56 Å². The van der Waals surface area contributed by atoms with Crippen molar-refractivity contribution in [3.8, 4) is 0 Å². The van der Waals surface area contributed by atoms with Gasteiger partial charge in [0.25, 0.3) is 11.8 Å². The molecule has 2 aliphatic heterocycles. The highest BCUT2D eigenvalue weighted by atomic mass is 16.5. The zero-order valence-corrected chi connectivity index (χ0v) is 20.9. The van der Waals surface area contributed by atoms with Crippen LogP contribution >= 0.6 is 0 Å². The van der Waals surface area contributed by atoms with Crippen LogP contribution in [0.15, 0.2) is 60.7 Å². The van der Waals surface area contributed by atoms with E-state index in [1.807, 2.05) is 50.9 Å². The fourth-order valence-corrected chi connectivity index (χ4v) is 5.37. The molecule has 2 aromatic heterocycles. The second kappa shape index (κ2) is 10.2. The van der Waals surface area contributed by atoms with Crippen LogP contribution in [0, 0.1) is 0 Å². The van der Waals surface area contributed by atoms with Crippen molar-refractivity contribution in [3.05, 3.63) is 88.9 Å². The molecule has 2 aliphatic rings. The normalized spacial score (nSPS) is 15.7. The van der Waals surface area contributed by atoms with E-state index in [0.717, 1.165) is 41.5 Å². The molecule has 0 unspecified atom stereocenters. The first-order valence-electron chi connectivity index (χ1n) is 13.0. The summed E-state index contributed by atoms with van der Waals surface area (Å²) in [5, 5.41) is 5.85. The molecule has 2 aromatic carbocycles. The first-order valence-corrected chi connectivity index (χ1v) is 13.0. The van der Waals surface area contributed by atoms with Gasteiger partial charge in [-0.15, -0.1) is 0 Å². The minimum atomic E-state index is -0.0683. The van der Waals surface area contributed by atoms with Gasteiger partial charge in [-0.05, 0) is 30.5 Å². The lowest BCUT2D eigenvalue weighted by Crippen LogP contribution is -2.42. The largest absolute Gasteiger partial charge is 0.378 e. The Morgan fingerprint density at radius 1 is 0.919 bits per heavy atom. The summed E-state index contributed by atoms with van der Waals surface area (Å²) < 4.78 is 7.46. The summed E-state index contributed by atoms with van der Waals surface area (Å²) in [4.78, 5) is 33.9. The molecule has 0 saturated carbocycles. The molecule has 2 amide bonds. The summed E-state index contributed by atoms with van der Waals surface area (Å²) >= 11 is 0. The monoisotopic (exact) mass is 497 g/mol. The first kappa shape index (κ1) is 23.5. The number of carbonyl (C=O) groups is 2. The molecule has 8 heteroatoms. The summed E-state index contributed by atoms with van der Waals surface area (Å²) in [6.45, 7) is 3.92. The van der Waals surface area contributed by atoms with Gasteiger partial charge in [0.2, 0.25) is 0 Å². The van der Waals surface area contributed by atoms with Crippen LogP contribution in [0.3, 0.4) is 0 Å². The standard InChI is InChI=1S/C29H31N5O3/c35-28(25-19-22-10-4-5-11-24(22)30-25)33-14-12-26-23(20-33)27(29(36)32-15-17-37-18-16-32)31-34(26)13-6-9-21-7-2-1-3-8-21/h1-5,7-8,10-11,19,30H,6,9,12-18,20H2. The van der Waals surface area contributed by atoms with E-state index in [2.05, 4.69) is 29.2 Å². The number of benzene rings is 2. The number of H-pyrrole nitrogens is 1. The van der Waals surface area contributed by atoms with Crippen LogP contribution in [0.4, 0.5) is 0 Å². The predicted octanol–water partition coefficient (Wildman–Crippen LogP) is 3.67. The minimum absolute atomic E-state index is 0.0524. The Morgan fingerprint density at radius 2 is 1.70 bits per heavy atom. The number of aromatic amines is 1. The number of fused-ring (bicyclic) bond motifs is 2. The topological polar surface area (TPSA) is 83.5 Å². The third kappa shape index (κ3) is 4.76. The average Bonchev–Trinajstić information content (AvgIpc) is 3.55. The molecule has 0 aliphatic carbocycles. The van der Waals surface area contributed by atoms with E-state index >= 15 is 0 Å². The molecule has 4 heterocycles. The summed E-state index contributed by atoms with van der Waals surface area (Å²) in [5.41, 5.74) is 5.24. The fourth-order valence-electron chi connectivity index (χ4n) is 5.37. The molecule has 0 radical (unpaired) electrons. The molecule has 4 aromatic rings. The van der Waals surface area contributed by atoms with E-state index in [-0.39, 0.29) is 11.8 Å². The molecule has 0 atom stereocenters.